The molecule has 0 saturated heterocycles. The molecule has 3 nitrogen and oxygen atoms in total. The van der Waals surface area contributed by atoms with Crippen LogP contribution in [0.3, 0.4) is 0 Å². The number of hydrogen-bond donors (Lipinski definition) is 0. The summed E-state index contributed by atoms with van der Waals surface area (Å²) in [5.41, 5.74) is 3.67. The third kappa shape index (κ3) is 7.27. The average Bonchev–Trinajstić information content (AvgIpc) is 2.90. The SMILES string of the molecule is CCCCCCCCc1ccc(/C=C/c2cc(OC)c(OC(C)CC)c(OC)c2)c2ccccc12. The van der Waals surface area contributed by atoms with E-state index in [2.05, 4.69) is 62.4 Å². The number of unbranched alkanes of at least 4 members (excludes halogenated alkanes) is 5. The molecule has 188 valence electrons. The molecule has 0 spiro atoms. The zero-order valence-electron chi connectivity index (χ0n) is 22.2. The molecule has 3 aromatic rings. The van der Waals surface area contributed by atoms with Crippen molar-refractivity contribution in [2.45, 2.75) is 78.2 Å². The largest absolute Gasteiger partial charge is 0.493 e. The Kier molecular flexibility index (Phi) is 10.5. The van der Waals surface area contributed by atoms with Crippen LogP contribution in [0, 0.1) is 0 Å². The summed E-state index contributed by atoms with van der Waals surface area (Å²) in [4.78, 5) is 0. The van der Waals surface area contributed by atoms with Crippen molar-refractivity contribution < 1.29 is 14.2 Å². The molecule has 0 amide bonds. The number of rotatable bonds is 14. The highest BCUT2D eigenvalue weighted by molar-refractivity contribution is 5.95. The first-order valence-corrected chi connectivity index (χ1v) is 13.2. The molecule has 0 heterocycles. The molecule has 0 fully saturated rings. The van der Waals surface area contributed by atoms with Crippen LogP contribution >= 0.6 is 0 Å². The molecule has 0 aliphatic rings. The maximum absolute atomic E-state index is 6.08. The Labute approximate surface area is 212 Å². The summed E-state index contributed by atoms with van der Waals surface area (Å²) in [5, 5.41) is 2.65. The van der Waals surface area contributed by atoms with Crippen molar-refractivity contribution >= 4 is 22.9 Å². The first-order valence-electron chi connectivity index (χ1n) is 13.2. The minimum absolute atomic E-state index is 0.0837. The van der Waals surface area contributed by atoms with Gasteiger partial charge in [0, 0.05) is 0 Å². The molecule has 3 aromatic carbocycles. The first kappa shape index (κ1) is 26.7. The van der Waals surface area contributed by atoms with Gasteiger partial charge in [0.15, 0.2) is 11.5 Å². The van der Waals surface area contributed by atoms with Crippen LogP contribution < -0.4 is 14.2 Å². The van der Waals surface area contributed by atoms with Gasteiger partial charge < -0.3 is 14.2 Å². The van der Waals surface area contributed by atoms with Crippen molar-refractivity contribution in [1.29, 1.82) is 0 Å². The molecule has 0 aromatic heterocycles. The van der Waals surface area contributed by atoms with Crippen molar-refractivity contribution in [3.8, 4) is 17.2 Å². The van der Waals surface area contributed by atoms with Crippen molar-refractivity contribution in [2.75, 3.05) is 14.2 Å². The average molecular weight is 475 g/mol. The van der Waals surface area contributed by atoms with Crippen molar-refractivity contribution in [2.24, 2.45) is 0 Å². The van der Waals surface area contributed by atoms with Gasteiger partial charge in [0.05, 0.1) is 20.3 Å². The van der Waals surface area contributed by atoms with Gasteiger partial charge in [0.25, 0.3) is 0 Å². The molecular formula is C32H42O3. The molecule has 0 aliphatic carbocycles. The van der Waals surface area contributed by atoms with Gasteiger partial charge in [0.2, 0.25) is 5.75 Å². The van der Waals surface area contributed by atoms with Gasteiger partial charge in [0.1, 0.15) is 0 Å². The van der Waals surface area contributed by atoms with E-state index < -0.39 is 0 Å². The molecule has 0 saturated carbocycles. The fraction of sp³-hybridized carbons (Fsp3) is 0.438. The monoisotopic (exact) mass is 474 g/mol. The molecule has 1 unspecified atom stereocenters. The number of benzene rings is 3. The summed E-state index contributed by atoms with van der Waals surface area (Å²) < 4.78 is 17.4. The zero-order chi connectivity index (χ0) is 25.0. The van der Waals surface area contributed by atoms with E-state index in [1.807, 2.05) is 19.1 Å². The molecule has 0 bridgehead atoms. The van der Waals surface area contributed by atoms with Gasteiger partial charge in [-0.05, 0) is 65.8 Å². The third-order valence-electron chi connectivity index (χ3n) is 6.68. The third-order valence-corrected chi connectivity index (χ3v) is 6.68. The van der Waals surface area contributed by atoms with Crippen LogP contribution in [0.15, 0.2) is 48.5 Å². The fourth-order valence-corrected chi connectivity index (χ4v) is 4.43. The van der Waals surface area contributed by atoms with Crippen LogP contribution in [0.4, 0.5) is 0 Å². The molecular weight excluding hydrogens is 432 g/mol. The highest BCUT2D eigenvalue weighted by Crippen LogP contribution is 2.40. The summed E-state index contributed by atoms with van der Waals surface area (Å²) >= 11 is 0. The fourth-order valence-electron chi connectivity index (χ4n) is 4.43. The lowest BCUT2D eigenvalue weighted by molar-refractivity contribution is 0.198. The summed E-state index contributed by atoms with van der Waals surface area (Å²) in [5.74, 6) is 2.03. The lowest BCUT2D eigenvalue weighted by Gasteiger charge is -2.18. The number of ether oxygens (including phenoxy) is 3. The van der Waals surface area contributed by atoms with Crippen LogP contribution in [-0.2, 0) is 6.42 Å². The second kappa shape index (κ2) is 13.8. The van der Waals surface area contributed by atoms with E-state index in [1.54, 1.807) is 14.2 Å². The van der Waals surface area contributed by atoms with Gasteiger partial charge in [-0.15, -0.1) is 0 Å². The molecule has 35 heavy (non-hydrogen) atoms. The predicted molar refractivity (Wildman–Crippen MR) is 150 cm³/mol. The van der Waals surface area contributed by atoms with Gasteiger partial charge in [-0.25, -0.2) is 0 Å². The lowest BCUT2D eigenvalue weighted by atomic mass is 9.95. The minimum Gasteiger partial charge on any atom is -0.493 e. The lowest BCUT2D eigenvalue weighted by Crippen LogP contribution is -2.11. The Hall–Kier alpha value is -2.94. The Morgan fingerprint density at radius 2 is 1.43 bits per heavy atom. The van der Waals surface area contributed by atoms with E-state index in [1.165, 1.54) is 60.4 Å². The Morgan fingerprint density at radius 3 is 2.09 bits per heavy atom. The summed E-state index contributed by atoms with van der Waals surface area (Å²) in [6.45, 7) is 6.42. The molecule has 0 aliphatic heterocycles. The Bertz CT molecular complexity index is 1070. The van der Waals surface area contributed by atoms with Gasteiger partial charge in [-0.2, -0.15) is 0 Å². The second-order valence-electron chi connectivity index (χ2n) is 9.30. The van der Waals surface area contributed by atoms with E-state index in [0.717, 1.165) is 18.4 Å². The van der Waals surface area contributed by atoms with Crippen molar-refractivity contribution in [3.63, 3.8) is 0 Å². The minimum atomic E-state index is 0.0837. The number of hydrogen-bond acceptors (Lipinski definition) is 3. The number of methoxy groups -OCH3 is 2. The van der Waals surface area contributed by atoms with Crippen molar-refractivity contribution in [1.82, 2.24) is 0 Å². The van der Waals surface area contributed by atoms with E-state index in [9.17, 15) is 0 Å². The normalized spacial score (nSPS) is 12.3. The van der Waals surface area contributed by atoms with Crippen LogP contribution in [0.5, 0.6) is 17.2 Å². The van der Waals surface area contributed by atoms with Gasteiger partial charge in [-0.3, -0.25) is 0 Å². The Balaban J connectivity index is 1.83. The standard InChI is InChI=1S/C32H42O3/c1-6-8-9-10-11-12-15-26-20-21-27(29-17-14-13-16-28(26)29)19-18-25-22-30(33-4)32(31(23-25)34-5)35-24(3)7-2/h13-14,16-24H,6-12,15H2,1-5H3/b19-18+. The Morgan fingerprint density at radius 1 is 0.771 bits per heavy atom. The van der Waals surface area contributed by atoms with E-state index >= 15 is 0 Å². The topological polar surface area (TPSA) is 27.7 Å². The van der Waals surface area contributed by atoms with Crippen molar-refractivity contribution in [3.05, 3.63) is 65.2 Å². The van der Waals surface area contributed by atoms with E-state index in [-0.39, 0.29) is 6.10 Å². The highest BCUT2D eigenvalue weighted by Gasteiger charge is 2.16. The molecule has 3 heteroatoms. The quantitative estimate of drug-likeness (QED) is 0.172. The molecule has 0 N–H and O–H groups in total. The first-order chi connectivity index (χ1) is 17.1. The summed E-state index contributed by atoms with van der Waals surface area (Å²) in [6.07, 6.45) is 14.4. The number of aryl methyl sites for hydroxylation is 1. The predicted octanol–water partition coefficient (Wildman–Crippen LogP) is 9.11. The molecule has 0 radical (unpaired) electrons. The van der Waals surface area contributed by atoms with Gasteiger partial charge in [-0.1, -0.05) is 94.5 Å². The molecule has 1 atom stereocenters. The summed E-state index contributed by atoms with van der Waals surface area (Å²) in [7, 11) is 3.34. The summed E-state index contributed by atoms with van der Waals surface area (Å²) in [6, 6.07) is 17.3. The van der Waals surface area contributed by atoms with Crippen LogP contribution in [0.25, 0.3) is 22.9 Å². The van der Waals surface area contributed by atoms with Crippen LogP contribution in [0.1, 0.15) is 82.4 Å². The maximum Gasteiger partial charge on any atom is 0.203 e. The number of fused-ring (bicyclic) bond motifs is 1. The second-order valence-corrected chi connectivity index (χ2v) is 9.30. The van der Waals surface area contributed by atoms with Crippen LogP contribution in [0.2, 0.25) is 0 Å². The molecule has 3 rings (SSSR count). The van der Waals surface area contributed by atoms with Gasteiger partial charge >= 0.3 is 0 Å². The highest BCUT2D eigenvalue weighted by atomic mass is 16.5. The van der Waals surface area contributed by atoms with E-state index in [0.29, 0.717) is 17.2 Å². The van der Waals surface area contributed by atoms with E-state index in [4.69, 9.17) is 14.2 Å². The maximum atomic E-state index is 6.08. The zero-order valence-corrected chi connectivity index (χ0v) is 22.2. The van der Waals surface area contributed by atoms with Crippen LogP contribution in [-0.4, -0.2) is 20.3 Å². The smallest absolute Gasteiger partial charge is 0.203 e.